The van der Waals surface area contributed by atoms with Gasteiger partial charge in [0.2, 0.25) is 5.95 Å². The van der Waals surface area contributed by atoms with Crippen molar-refractivity contribution in [2.24, 2.45) is 0 Å². The van der Waals surface area contributed by atoms with E-state index in [1.165, 1.54) is 12.1 Å². The first-order chi connectivity index (χ1) is 15.6. The molecule has 1 aliphatic rings. The first kappa shape index (κ1) is 20.0. The topological polar surface area (TPSA) is 56.1 Å². The molecule has 2 heterocycles. The van der Waals surface area contributed by atoms with Crippen molar-refractivity contribution in [1.29, 1.82) is 0 Å². The monoisotopic (exact) mass is 427 g/mol. The summed E-state index contributed by atoms with van der Waals surface area (Å²) >= 11 is 0. The fourth-order valence-corrected chi connectivity index (χ4v) is 4.26. The number of fused-ring (bicyclic) bond motifs is 3. The van der Waals surface area contributed by atoms with E-state index in [-0.39, 0.29) is 12.4 Å². The number of nitrogens with one attached hydrogen (secondary N) is 1. The Labute approximate surface area is 185 Å². The summed E-state index contributed by atoms with van der Waals surface area (Å²) in [7, 11) is 0. The lowest BCUT2D eigenvalue weighted by molar-refractivity contribution is -0.138. The minimum Gasteiger partial charge on any atom is -0.463 e. The molecule has 32 heavy (non-hydrogen) atoms. The molecule has 160 valence electrons. The maximum atomic E-state index is 13.7. The van der Waals surface area contributed by atoms with E-state index < -0.39 is 12.0 Å². The minimum absolute atomic E-state index is 0.247. The molecule has 0 spiro atoms. The van der Waals surface area contributed by atoms with E-state index in [9.17, 15) is 9.18 Å². The number of nitrogens with zero attached hydrogens (tertiary/aromatic N) is 2. The summed E-state index contributed by atoms with van der Waals surface area (Å²) in [4.78, 5) is 18.1. The summed E-state index contributed by atoms with van der Waals surface area (Å²) in [5.41, 5.74) is 5.46. The van der Waals surface area contributed by atoms with Crippen LogP contribution in [0.15, 0.2) is 78.4 Å². The van der Waals surface area contributed by atoms with E-state index in [1.807, 2.05) is 54.0 Å². The number of hydrogen-bond donors (Lipinski definition) is 1. The van der Waals surface area contributed by atoms with Gasteiger partial charge < -0.3 is 10.1 Å². The Kier molecular flexibility index (Phi) is 4.98. The molecule has 0 fully saturated rings. The number of esters is 1. The fourth-order valence-electron chi connectivity index (χ4n) is 4.26. The Morgan fingerprint density at radius 2 is 1.88 bits per heavy atom. The quantitative estimate of drug-likeness (QED) is 0.439. The summed E-state index contributed by atoms with van der Waals surface area (Å²) in [6.45, 7) is 4.05. The number of benzene rings is 3. The Bertz CT molecular complexity index is 1360. The smallest absolute Gasteiger partial charge is 0.338 e. The zero-order valence-corrected chi connectivity index (χ0v) is 17.8. The molecule has 1 aliphatic heterocycles. The minimum atomic E-state index is -0.461. The van der Waals surface area contributed by atoms with Crippen molar-refractivity contribution < 1.29 is 13.9 Å². The standard InChI is InChI=1S/C26H22FN3O2/c1-3-32-25(31)22-23(17-11-13-19(27)14-12-17)29-26-28-20-9-4-5-10-21(20)30(26)24(22)18-8-6-7-16(2)15-18/h4-15,24H,3H2,1-2H3,(H,28,29)/t24-/m0/s1. The summed E-state index contributed by atoms with van der Waals surface area (Å²) in [6, 6.07) is 21.5. The number of ether oxygens (including phenoxy) is 1. The van der Waals surface area contributed by atoms with E-state index >= 15 is 0 Å². The molecular formula is C26H22FN3O2. The number of rotatable bonds is 4. The number of aromatic nitrogens is 2. The second kappa shape index (κ2) is 7.96. The Hall–Kier alpha value is -3.93. The van der Waals surface area contributed by atoms with Crippen LogP contribution >= 0.6 is 0 Å². The second-order valence-electron chi connectivity index (χ2n) is 7.75. The van der Waals surface area contributed by atoms with Crippen LogP contribution in [-0.2, 0) is 9.53 Å². The van der Waals surface area contributed by atoms with Crippen molar-refractivity contribution in [3.05, 3.63) is 101 Å². The van der Waals surface area contributed by atoms with Crippen molar-refractivity contribution in [2.75, 3.05) is 11.9 Å². The van der Waals surface area contributed by atoms with Crippen LogP contribution in [0.4, 0.5) is 10.3 Å². The Balaban J connectivity index is 1.83. The average molecular weight is 427 g/mol. The number of para-hydroxylation sites is 2. The number of halogens is 1. The fraction of sp³-hybridized carbons (Fsp3) is 0.154. The van der Waals surface area contributed by atoms with Crippen LogP contribution < -0.4 is 5.32 Å². The van der Waals surface area contributed by atoms with E-state index in [2.05, 4.69) is 11.4 Å². The number of aryl methyl sites for hydroxylation is 1. The molecule has 5 nitrogen and oxygen atoms in total. The van der Waals surface area contributed by atoms with E-state index in [4.69, 9.17) is 9.72 Å². The normalized spacial score (nSPS) is 15.4. The van der Waals surface area contributed by atoms with Gasteiger partial charge in [0, 0.05) is 0 Å². The van der Waals surface area contributed by atoms with Crippen LogP contribution in [0.2, 0.25) is 0 Å². The van der Waals surface area contributed by atoms with Crippen LogP contribution in [0.5, 0.6) is 0 Å². The highest BCUT2D eigenvalue weighted by atomic mass is 19.1. The van der Waals surface area contributed by atoms with Gasteiger partial charge in [-0.3, -0.25) is 4.57 Å². The van der Waals surface area contributed by atoms with Gasteiger partial charge in [-0.25, -0.2) is 14.2 Å². The molecule has 3 aromatic carbocycles. The lowest BCUT2D eigenvalue weighted by Crippen LogP contribution is -2.29. The van der Waals surface area contributed by atoms with E-state index in [1.54, 1.807) is 19.1 Å². The third kappa shape index (κ3) is 3.34. The maximum Gasteiger partial charge on any atom is 0.338 e. The first-order valence-corrected chi connectivity index (χ1v) is 10.5. The Morgan fingerprint density at radius 1 is 1.09 bits per heavy atom. The molecule has 0 bridgehead atoms. The SMILES string of the molecule is CCOC(=O)C1=C(c2ccc(F)cc2)Nc2nc3ccccc3n2[C@H]1c1cccc(C)c1. The molecule has 4 aromatic rings. The number of imidazole rings is 1. The molecule has 0 saturated carbocycles. The average Bonchev–Trinajstić information content (AvgIpc) is 3.17. The van der Waals surface area contributed by atoms with Gasteiger partial charge in [0.1, 0.15) is 5.82 Å². The number of carbonyl (C=O) groups excluding carboxylic acids is 1. The van der Waals surface area contributed by atoms with E-state index in [0.29, 0.717) is 22.8 Å². The maximum absolute atomic E-state index is 13.7. The molecular weight excluding hydrogens is 405 g/mol. The van der Waals surface area contributed by atoms with Crippen LogP contribution in [0.1, 0.15) is 29.7 Å². The van der Waals surface area contributed by atoms with Crippen LogP contribution in [0.3, 0.4) is 0 Å². The molecule has 0 saturated heterocycles. The number of hydrogen-bond acceptors (Lipinski definition) is 4. The van der Waals surface area contributed by atoms with Crippen LogP contribution in [0, 0.1) is 12.7 Å². The van der Waals surface area contributed by atoms with Gasteiger partial charge in [-0.1, -0.05) is 42.0 Å². The van der Waals surface area contributed by atoms with E-state index in [0.717, 1.165) is 22.2 Å². The molecule has 0 radical (unpaired) electrons. The predicted octanol–water partition coefficient (Wildman–Crippen LogP) is 5.47. The van der Waals surface area contributed by atoms with Crippen molar-refractivity contribution in [3.63, 3.8) is 0 Å². The van der Waals surface area contributed by atoms with Gasteiger partial charge >= 0.3 is 5.97 Å². The molecule has 6 heteroatoms. The number of anilines is 1. The first-order valence-electron chi connectivity index (χ1n) is 10.5. The Morgan fingerprint density at radius 3 is 2.62 bits per heavy atom. The largest absolute Gasteiger partial charge is 0.463 e. The predicted molar refractivity (Wildman–Crippen MR) is 123 cm³/mol. The summed E-state index contributed by atoms with van der Waals surface area (Å²) in [5, 5.41) is 3.33. The van der Waals surface area contributed by atoms with Crippen molar-refractivity contribution >= 4 is 28.6 Å². The lowest BCUT2D eigenvalue weighted by Gasteiger charge is -2.31. The highest BCUT2D eigenvalue weighted by molar-refractivity contribution is 6.03. The molecule has 1 N–H and O–H groups in total. The molecule has 0 amide bonds. The highest BCUT2D eigenvalue weighted by Crippen LogP contribution is 2.42. The van der Waals surface area contributed by atoms with Crippen molar-refractivity contribution in [1.82, 2.24) is 9.55 Å². The molecule has 5 rings (SSSR count). The lowest BCUT2D eigenvalue weighted by atomic mass is 9.91. The third-order valence-corrected chi connectivity index (χ3v) is 5.62. The molecule has 0 unspecified atom stereocenters. The third-order valence-electron chi connectivity index (χ3n) is 5.62. The van der Waals surface area contributed by atoms with Gasteiger partial charge in [0.05, 0.1) is 35.0 Å². The molecule has 1 aromatic heterocycles. The summed E-state index contributed by atoms with van der Waals surface area (Å²) in [6.07, 6.45) is 0. The second-order valence-corrected chi connectivity index (χ2v) is 7.75. The molecule has 0 aliphatic carbocycles. The summed E-state index contributed by atoms with van der Waals surface area (Å²) < 4.78 is 21.2. The van der Waals surface area contributed by atoms with Crippen LogP contribution in [0.25, 0.3) is 16.7 Å². The highest BCUT2D eigenvalue weighted by Gasteiger charge is 2.36. The van der Waals surface area contributed by atoms with Gasteiger partial charge in [-0.05, 0) is 61.4 Å². The number of carbonyl (C=O) groups is 1. The zero-order chi connectivity index (χ0) is 22.2. The van der Waals surface area contributed by atoms with Crippen molar-refractivity contribution in [2.45, 2.75) is 19.9 Å². The van der Waals surface area contributed by atoms with Gasteiger partial charge in [0.15, 0.2) is 0 Å². The molecule has 1 atom stereocenters. The van der Waals surface area contributed by atoms with Gasteiger partial charge in [-0.15, -0.1) is 0 Å². The van der Waals surface area contributed by atoms with Crippen LogP contribution in [-0.4, -0.2) is 22.1 Å². The van der Waals surface area contributed by atoms with Crippen molar-refractivity contribution in [3.8, 4) is 0 Å². The zero-order valence-electron chi connectivity index (χ0n) is 17.8. The van der Waals surface area contributed by atoms with Gasteiger partial charge in [0.25, 0.3) is 0 Å². The van der Waals surface area contributed by atoms with Gasteiger partial charge in [-0.2, -0.15) is 0 Å². The summed E-state index contributed by atoms with van der Waals surface area (Å²) in [5.74, 6) is -0.148.